The van der Waals surface area contributed by atoms with E-state index in [4.69, 9.17) is 10.5 Å². The molecule has 0 bridgehead atoms. The summed E-state index contributed by atoms with van der Waals surface area (Å²) in [7, 11) is 0. The van der Waals surface area contributed by atoms with Gasteiger partial charge in [-0.15, -0.1) is 0 Å². The largest absolute Gasteiger partial charge is 0.457 e. The Morgan fingerprint density at radius 3 is 1.88 bits per heavy atom. The van der Waals surface area contributed by atoms with E-state index < -0.39 is 5.91 Å². The predicted molar refractivity (Wildman–Crippen MR) is 61.4 cm³/mol. The zero-order valence-corrected chi connectivity index (χ0v) is 8.89. The summed E-state index contributed by atoms with van der Waals surface area (Å²) in [5, 5.41) is 0. The topological polar surface area (TPSA) is 52.3 Å². The fraction of sp³-hybridized carbons (Fsp3) is 0. The number of rotatable bonds is 3. The highest BCUT2D eigenvalue weighted by Gasteiger charge is 2.01. The molecule has 2 N–H and O–H groups in total. The average molecular weight is 231 g/mol. The van der Waals surface area contributed by atoms with E-state index in [2.05, 4.69) is 0 Å². The molecule has 0 radical (unpaired) electrons. The van der Waals surface area contributed by atoms with Gasteiger partial charge in [-0.25, -0.2) is 4.39 Å². The van der Waals surface area contributed by atoms with Gasteiger partial charge in [-0.05, 0) is 48.5 Å². The van der Waals surface area contributed by atoms with Crippen LogP contribution in [0, 0.1) is 5.82 Å². The summed E-state index contributed by atoms with van der Waals surface area (Å²) in [6, 6.07) is 12.1. The number of nitrogens with two attached hydrogens (primary N) is 1. The highest BCUT2D eigenvalue weighted by atomic mass is 19.1. The molecule has 17 heavy (non-hydrogen) atoms. The number of hydrogen-bond donors (Lipinski definition) is 1. The minimum atomic E-state index is -0.488. The summed E-state index contributed by atoms with van der Waals surface area (Å²) in [5.41, 5.74) is 5.53. The third-order valence-corrected chi connectivity index (χ3v) is 2.19. The quantitative estimate of drug-likeness (QED) is 0.882. The fourth-order valence-electron chi connectivity index (χ4n) is 1.33. The highest BCUT2D eigenvalue weighted by Crippen LogP contribution is 2.21. The molecule has 0 saturated heterocycles. The molecule has 0 saturated carbocycles. The van der Waals surface area contributed by atoms with Crippen LogP contribution in [0.4, 0.5) is 4.39 Å². The van der Waals surface area contributed by atoms with Crippen LogP contribution in [0.5, 0.6) is 11.5 Å². The van der Waals surface area contributed by atoms with Gasteiger partial charge in [0.05, 0.1) is 0 Å². The molecule has 0 aromatic heterocycles. The van der Waals surface area contributed by atoms with Gasteiger partial charge in [-0.3, -0.25) is 4.79 Å². The van der Waals surface area contributed by atoms with Crippen LogP contribution in [-0.2, 0) is 0 Å². The van der Waals surface area contributed by atoms with E-state index in [0.717, 1.165) is 0 Å². The van der Waals surface area contributed by atoms with Crippen molar-refractivity contribution in [3.05, 3.63) is 59.9 Å². The van der Waals surface area contributed by atoms with Crippen LogP contribution in [0.15, 0.2) is 48.5 Å². The van der Waals surface area contributed by atoms with Crippen LogP contribution in [0.25, 0.3) is 0 Å². The number of carbonyl (C=O) groups excluding carboxylic acids is 1. The lowest BCUT2D eigenvalue weighted by Gasteiger charge is -2.05. The maximum atomic E-state index is 12.7. The number of hydrogen-bond acceptors (Lipinski definition) is 2. The molecule has 2 aromatic carbocycles. The van der Waals surface area contributed by atoms with Gasteiger partial charge in [0, 0.05) is 5.56 Å². The summed E-state index contributed by atoms with van der Waals surface area (Å²) in [5.74, 6) is 0.277. The first-order valence-electron chi connectivity index (χ1n) is 4.98. The summed E-state index contributed by atoms with van der Waals surface area (Å²) < 4.78 is 18.1. The number of amides is 1. The van der Waals surface area contributed by atoms with Gasteiger partial charge in [-0.1, -0.05) is 0 Å². The van der Waals surface area contributed by atoms with Gasteiger partial charge in [0.2, 0.25) is 5.91 Å². The van der Waals surface area contributed by atoms with Crippen molar-refractivity contribution >= 4 is 5.91 Å². The third-order valence-electron chi connectivity index (χ3n) is 2.19. The maximum Gasteiger partial charge on any atom is 0.248 e. The minimum Gasteiger partial charge on any atom is -0.457 e. The number of carbonyl (C=O) groups is 1. The molecule has 0 heterocycles. The molecular weight excluding hydrogens is 221 g/mol. The van der Waals surface area contributed by atoms with E-state index in [-0.39, 0.29) is 5.82 Å². The Kier molecular flexibility index (Phi) is 3.05. The van der Waals surface area contributed by atoms with Crippen molar-refractivity contribution in [1.29, 1.82) is 0 Å². The molecule has 2 aromatic rings. The number of benzene rings is 2. The van der Waals surface area contributed by atoms with E-state index in [1.807, 2.05) is 0 Å². The molecule has 0 fully saturated rings. The molecule has 0 aliphatic carbocycles. The monoisotopic (exact) mass is 231 g/mol. The fourth-order valence-corrected chi connectivity index (χ4v) is 1.33. The minimum absolute atomic E-state index is 0.318. The van der Waals surface area contributed by atoms with Crippen LogP contribution >= 0.6 is 0 Å². The predicted octanol–water partition coefficient (Wildman–Crippen LogP) is 2.72. The molecule has 4 heteroatoms. The van der Waals surface area contributed by atoms with Crippen LogP contribution in [-0.4, -0.2) is 5.91 Å². The summed E-state index contributed by atoms with van der Waals surface area (Å²) in [6.07, 6.45) is 0. The second kappa shape index (κ2) is 4.65. The summed E-state index contributed by atoms with van der Waals surface area (Å²) in [6.45, 7) is 0. The molecule has 1 amide bonds. The van der Waals surface area contributed by atoms with Crippen molar-refractivity contribution in [2.75, 3.05) is 0 Å². The highest BCUT2D eigenvalue weighted by molar-refractivity contribution is 5.92. The first-order chi connectivity index (χ1) is 8.15. The summed E-state index contributed by atoms with van der Waals surface area (Å²) >= 11 is 0. The van der Waals surface area contributed by atoms with Crippen molar-refractivity contribution in [3.63, 3.8) is 0 Å². The molecular formula is C13H10FNO2. The lowest BCUT2D eigenvalue weighted by molar-refractivity contribution is 0.100. The lowest BCUT2D eigenvalue weighted by Crippen LogP contribution is -2.10. The van der Waals surface area contributed by atoms with Crippen molar-refractivity contribution < 1.29 is 13.9 Å². The lowest BCUT2D eigenvalue weighted by atomic mass is 10.2. The van der Waals surface area contributed by atoms with E-state index >= 15 is 0 Å². The third kappa shape index (κ3) is 2.81. The molecule has 0 aliphatic rings. The molecule has 2 rings (SSSR count). The van der Waals surface area contributed by atoms with Gasteiger partial charge in [0.15, 0.2) is 0 Å². The Labute approximate surface area is 97.6 Å². The van der Waals surface area contributed by atoms with Gasteiger partial charge in [0.1, 0.15) is 17.3 Å². The first kappa shape index (κ1) is 11.1. The first-order valence-corrected chi connectivity index (χ1v) is 4.98. The molecule has 3 nitrogen and oxygen atoms in total. The van der Waals surface area contributed by atoms with Gasteiger partial charge in [-0.2, -0.15) is 0 Å². The van der Waals surface area contributed by atoms with E-state index in [1.165, 1.54) is 24.3 Å². The SMILES string of the molecule is NC(=O)c1ccc(Oc2ccc(F)cc2)cc1. The zero-order chi connectivity index (χ0) is 12.3. The molecule has 0 atom stereocenters. The van der Waals surface area contributed by atoms with Crippen LogP contribution < -0.4 is 10.5 Å². The number of halogens is 1. The molecule has 0 unspecified atom stereocenters. The summed E-state index contributed by atoms with van der Waals surface area (Å²) in [4.78, 5) is 10.8. The zero-order valence-electron chi connectivity index (χ0n) is 8.89. The number of primary amides is 1. The Bertz CT molecular complexity index is 520. The van der Waals surface area contributed by atoms with Crippen molar-refractivity contribution in [2.45, 2.75) is 0 Å². The standard InChI is InChI=1S/C13H10FNO2/c14-10-3-7-12(8-4-10)17-11-5-1-9(2-6-11)13(15)16/h1-8H,(H2,15,16). The number of ether oxygens (including phenoxy) is 1. The van der Waals surface area contributed by atoms with Crippen LogP contribution in [0.3, 0.4) is 0 Å². The van der Waals surface area contributed by atoms with Crippen molar-refractivity contribution in [1.82, 2.24) is 0 Å². The van der Waals surface area contributed by atoms with Gasteiger partial charge < -0.3 is 10.5 Å². The normalized spacial score (nSPS) is 9.94. The van der Waals surface area contributed by atoms with Crippen LogP contribution in [0.1, 0.15) is 10.4 Å². The average Bonchev–Trinajstić information content (AvgIpc) is 2.33. The van der Waals surface area contributed by atoms with Gasteiger partial charge in [0.25, 0.3) is 0 Å². The van der Waals surface area contributed by atoms with Crippen LogP contribution in [0.2, 0.25) is 0 Å². The molecule has 0 spiro atoms. The van der Waals surface area contributed by atoms with Crippen molar-refractivity contribution in [3.8, 4) is 11.5 Å². The Hall–Kier alpha value is -2.36. The van der Waals surface area contributed by atoms with Crippen molar-refractivity contribution in [2.24, 2.45) is 5.73 Å². The van der Waals surface area contributed by atoms with Gasteiger partial charge >= 0.3 is 0 Å². The second-order valence-corrected chi connectivity index (χ2v) is 3.44. The maximum absolute atomic E-state index is 12.7. The van der Waals surface area contributed by atoms with E-state index in [9.17, 15) is 9.18 Å². The van der Waals surface area contributed by atoms with E-state index in [0.29, 0.717) is 17.1 Å². The molecule has 86 valence electrons. The Morgan fingerprint density at radius 2 is 1.41 bits per heavy atom. The molecule has 0 aliphatic heterocycles. The Balaban J connectivity index is 2.13. The smallest absolute Gasteiger partial charge is 0.248 e. The Morgan fingerprint density at radius 1 is 0.941 bits per heavy atom. The van der Waals surface area contributed by atoms with E-state index in [1.54, 1.807) is 24.3 Å². The second-order valence-electron chi connectivity index (χ2n) is 3.44.